The van der Waals surface area contributed by atoms with Crippen LogP contribution in [0.1, 0.15) is 23.2 Å². The molecule has 2 aliphatic heterocycles. The van der Waals surface area contributed by atoms with Crippen molar-refractivity contribution in [3.8, 4) is 0 Å². The number of piperidine rings is 1. The molecule has 2 heterocycles. The average Bonchev–Trinajstić information content (AvgIpc) is 2.69. The van der Waals surface area contributed by atoms with Crippen LogP contribution in [0.5, 0.6) is 0 Å². The molecule has 2 saturated heterocycles. The van der Waals surface area contributed by atoms with Gasteiger partial charge in [0.25, 0.3) is 5.91 Å². The summed E-state index contributed by atoms with van der Waals surface area (Å²) < 4.78 is 13.6. The standard InChI is InChI=1S/C19H27FN4O2.ClH/c20-17-4-2-1-3-16(17)18(25)22-9-10-23-11-13-24(14-12-23)19(26)15-5-7-21-8-6-15;/h1-4,15,21H,5-14H2,(H,22,25);1H. The first-order chi connectivity index (χ1) is 12.6. The minimum absolute atomic E-state index is 0. The van der Waals surface area contributed by atoms with E-state index in [1.54, 1.807) is 12.1 Å². The number of amides is 2. The fourth-order valence-corrected chi connectivity index (χ4v) is 3.59. The summed E-state index contributed by atoms with van der Waals surface area (Å²) in [6.45, 7) is 6.13. The van der Waals surface area contributed by atoms with Crippen molar-refractivity contribution >= 4 is 24.2 Å². The van der Waals surface area contributed by atoms with Crippen LogP contribution in [0.3, 0.4) is 0 Å². The van der Waals surface area contributed by atoms with E-state index in [1.807, 2.05) is 4.90 Å². The second-order valence-electron chi connectivity index (χ2n) is 6.93. The van der Waals surface area contributed by atoms with E-state index in [0.29, 0.717) is 19.0 Å². The fraction of sp³-hybridized carbons (Fsp3) is 0.579. The molecule has 2 N–H and O–H groups in total. The molecular weight excluding hydrogens is 371 g/mol. The number of nitrogens with zero attached hydrogens (tertiary/aromatic N) is 2. The molecule has 2 aliphatic rings. The van der Waals surface area contributed by atoms with Crippen LogP contribution in [0, 0.1) is 11.7 Å². The predicted molar refractivity (Wildman–Crippen MR) is 105 cm³/mol. The van der Waals surface area contributed by atoms with Crippen molar-refractivity contribution in [1.82, 2.24) is 20.4 Å². The van der Waals surface area contributed by atoms with Crippen LogP contribution in [-0.2, 0) is 4.79 Å². The zero-order chi connectivity index (χ0) is 18.4. The van der Waals surface area contributed by atoms with Crippen molar-refractivity contribution in [2.24, 2.45) is 5.92 Å². The Morgan fingerprint density at radius 2 is 1.78 bits per heavy atom. The molecule has 0 radical (unpaired) electrons. The highest BCUT2D eigenvalue weighted by atomic mass is 35.5. The second-order valence-corrected chi connectivity index (χ2v) is 6.93. The summed E-state index contributed by atoms with van der Waals surface area (Å²) in [5.74, 6) is -0.431. The Morgan fingerprint density at radius 1 is 1.11 bits per heavy atom. The van der Waals surface area contributed by atoms with Gasteiger partial charge in [-0.1, -0.05) is 12.1 Å². The lowest BCUT2D eigenvalue weighted by molar-refractivity contribution is -0.138. The molecule has 0 spiro atoms. The zero-order valence-electron chi connectivity index (χ0n) is 15.5. The Morgan fingerprint density at radius 3 is 2.44 bits per heavy atom. The molecule has 27 heavy (non-hydrogen) atoms. The van der Waals surface area contributed by atoms with E-state index < -0.39 is 5.82 Å². The molecule has 0 aromatic heterocycles. The van der Waals surface area contributed by atoms with E-state index >= 15 is 0 Å². The van der Waals surface area contributed by atoms with Gasteiger partial charge in [0.15, 0.2) is 0 Å². The Kier molecular flexibility index (Phi) is 8.47. The summed E-state index contributed by atoms with van der Waals surface area (Å²) in [4.78, 5) is 28.7. The van der Waals surface area contributed by atoms with Crippen molar-refractivity contribution in [3.63, 3.8) is 0 Å². The van der Waals surface area contributed by atoms with Crippen LogP contribution < -0.4 is 10.6 Å². The Hall–Kier alpha value is -1.70. The highest BCUT2D eigenvalue weighted by Crippen LogP contribution is 2.16. The first-order valence-corrected chi connectivity index (χ1v) is 9.40. The molecule has 1 aromatic rings. The third kappa shape index (κ3) is 5.89. The molecule has 0 unspecified atom stereocenters. The van der Waals surface area contributed by atoms with Crippen molar-refractivity contribution in [3.05, 3.63) is 35.6 Å². The fourth-order valence-electron chi connectivity index (χ4n) is 3.59. The van der Waals surface area contributed by atoms with E-state index in [4.69, 9.17) is 0 Å². The summed E-state index contributed by atoms with van der Waals surface area (Å²) >= 11 is 0. The number of hydrogen-bond donors (Lipinski definition) is 2. The quantitative estimate of drug-likeness (QED) is 0.780. The van der Waals surface area contributed by atoms with Gasteiger partial charge in [-0.25, -0.2) is 4.39 Å². The smallest absolute Gasteiger partial charge is 0.254 e. The Bertz CT molecular complexity index is 632. The molecule has 2 amide bonds. The topological polar surface area (TPSA) is 64.7 Å². The third-order valence-electron chi connectivity index (χ3n) is 5.20. The normalized spacial score (nSPS) is 18.6. The van der Waals surface area contributed by atoms with Gasteiger partial charge in [0.2, 0.25) is 5.91 Å². The summed E-state index contributed by atoms with van der Waals surface area (Å²) in [6.07, 6.45) is 1.86. The highest BCUT2D eigenvalue weighted by Gasteiger charge is 2.28. The van der Waals surface area contributed by atoms with E-state index in [2.05, 4.69) is 15.5 Å². The molecule has 0 atom stereocenters. The molecule has 6 nitrogen and oxygen atoms in total. The van der Waals surface area contributed by atoms with Crippen LogP contribution in [0.4, 0.5) is 4.39 Å². The molecule has 0 saturated carbocycles. The largest absolute Gasteiger partial charge is 0.351 e. The van der Waals surface area contributed by atoms with E-state index in [0.717, 1.165) is 52.1 Å². The van der Waals surface area contributed by atoms with Crippen LogP contribution in [-0.4, -0.2) is 74.0 Å². The van der Waals surface area contributed by atoms with Crippen molar-refractivity contribution in [2.45, 2.75) is 12.8 Å². The summed E-state index contributed by atoms with van der Waals surface area (Å²) in [5.41, 5.74) is 0.0740. The predicted octanol–water partition coefficient (Wildman–Crippen LogP) is 1.12. The number of halogens is 2. The summed E-state index contributed by atoms with van der Waals surface area (Å²) in [6, 6.07) is 5.98. The minimum atomic E-state index is -0.505. The number of carbonyl (C=O) groups excluding carboxylic acids is 2. The molecule has 1 aromatic carbocycles. The second kappa shape index (κ2) is 10.6. The van der Waals surface area contributed by atoms with E-state index in [-0.39, 0.29) is 29.8 Å². The van der Waals surface area contributed by atoms with Gasteiger partial charge in [-0.2, -0.15) is 0 Å². The molecule has 8 heteroatoms. The number of rotatable bonds is 5. The van der Waals surface area contributed by atoms with Gasteiger partial charge in [0, 0.05) is 45.2 Å². The number of piperazine rings is 1. The Labute approximate surface area is 165 Å². The van der Waals surface area contributed by atoms with Crippen LogP contribution in [0.2, 0.25) is 0 Å². The maximum atomic E-state index is 13.6. The van der Waals surface area contributed by atoms with Gasteiger partial charge in [0.1, 0.15) is 5.82 Å². The Balaban J connectivity index is 0.00000261. The van der Waals surface area contributed by atoms with Gasteiger partial charge in [-0.3, -0.25) is 14.5 Å². The maximum absolute atomic E-state index is 13.6. The molecule has 150 valence electrons. The molecule has 3 rings (SSSR count). The lowest BCUT2D eigenvalue weighted by Gasteiger charge is -2.37. The van der Waals surface area contributed by atoms with Gasteiger partial charge in [-0.15, -0.1) is 12.4 Å². The molecule has 0 aliphatic carbocycles. The third-order valence-corrected chi connectivity index (χ3v) is 5.20. The summed E-state index contributed by atoms with van der Waals surface area (Å²) in [5, 5.41) is 6.05. The summed E-state index contributed by atoms with van der Waals surface area (Å²) in [7, 11) is 0. The van der Waals surface area contributed by atoms with Gasteiger partial charge < -0.3 is 15.5 Å². The molecule has 0 bridgehead atoms. The minimum Gasteiger partial charge on any atom is -0.351 e. The maximum Gasteiger partial charge on any atom is 0.254 e. The zero-order valence-corrected chi connectivity index (χ0v) is 16.3. The first kappa shape index (κ1) is 21.6. The molecular formula is C19H28ClFN4O2. The van der Waals surface area contributed by atoms with Crippen LogP contribution in [0.25, 0.3) is 0 Å². The van der Waals surface area contributed by atoms with Gasteiger partial charge >= 0.3 is 0 Å². The van der Waals surface area contributed by atoms with E-state index in [9.17, 15) is 14.0 Å². The van der Waals surface area contributed by atoms with Crippen LogP contribution in [0.15, 0.2) is 24.3 Å². The van der Waals surface area contributed by atoms with E-state index in [1.165, 1.54) is 12.1 Å². The SMILES string of the molecule is Cl.O=C(NCCN1CCN(C(=O)C2CCNCC2)CC1)c1ccccc1F. The number of hydrogen-bond acceptors (Lipinski definition) is 4. The molecule has 2 fully saturated rings. The van der Waals surface area contributed by atoms with Gasteiger partial charge in [-0.05, 0) is 38.1 Å². The van der Waals surface area contributed by atoms with Crippen molar-refractivity contribution < 1.29 is 14.0 Å². The van der Waals surface area contributed by atoms with Crippen molar-refractivity contribution in [2.75, 3.05) is 52.4 Å². The average molecular weight is 399 g/mol. The van der Waals surface area contributed by atoms with Crippen LogP contribution >= 0.6 is 12.4 Å². The first-order valence-electron chi connectivity index (χ1n) is 9.40. The lowest BCUT2D eigenvalue weighted by Crippen LogP contribution is -2.52. The monoisotopic (exact) mass is 398 g/mol. The van der Waals surface area contributed by atoms with Crippen molar-refractivity contribution in [1.29, 1.82) is 0 Å². The van der Waals surface area contributed by atoms with Gasteiger partial charge in [0.05, 0.1) is 5.56 Å². The number of nitrogens with one attached hydrogen (secondary N) is 2. The lowest BCUT2D eigenvalue weighted by atomic mass is 9.96. The number of carbonyl (C=O) groups is 2. The highest BCUT2D eigenvalue weighted by molar-refractivity contribution is 5.94. The number of benzene rings is 1.